The smallest absolute Gasteiger partial charge is 0.246 e. The molecule has 7 heteroatoms. The van der Waals surface area contributed by atoms with Gasteiger partial charge in [0.15, 0.2) is 0 Å². The number of hydrogen-bond acceptors (Lipinski definition) is 5. The van der Waals surface area contributed by atoms with Crippen LogP contribution in [0.25, 0.3) is 0 Å². The third kappa shape index (κ3) is 3.19. The lowest BCUT2D eigenvalue weighted by atomic mass is 10.2. The van der Waals surface area contributed by atoms with Crippen LogP contribution < -0.4 is 20.5 Å². The highest BCUT2D eigenvalue weighted by molar-refractivity contribution is 5.92. The van der Waals surface area contributed by atoms with Gasteiger partial charge in [-0.05, 0) is 18.2 Å². The molecular formula is C13H16N4O3. The average molecular weight is 276 g/mol. The Kier molecular flexibility index (Phi) is 4.09. The second kappa shape index (κ2) is 5.96. The molecule has 0 saturated heterocycles. The monoisotopic (exact) mass is 276 g/mol. The first-order valence-electron chi connectivity index (χ1n) is 5.93. The van der Waals surface area contributed by atoms with Crippen molar-refractivity contribution in [1.29, 1.82) is 0 Å². The lowest BCUT2D eigenvalue weighted by molar-refractivity contribution is -0.116. The van der Waals surface area contributed by atoms with Crippen molar-refractivity contribution in [3.63, 3.8) is 0 Å². The molecule has 0 aliphatic carbocycles. The summed E-state index contributed by atoms with van der Waals surface area (Å²) in [6.07, 6.45) is 1.64. The van der Waals surface area contributed by atoms with E-state index < -0.39 is 0 Å². The van der Waals surface area contributed by atoms with Crippen LogP contribution in [-0.2, 0) is 11.3 Å². The molecule has 3 N–H and O–H groups in total. The molecule has 20 heavy (non-hydrogen) atoms. The number of amides is 1. The van der Waals surface area contributed by atoms with E-state index in [9.17, 15) is 4.79 Å². The Hall–Kier alpha value is -2.70. The van der Waals surface area contributed by atoms with Crippen molar-refractivity contribution < 1.29 is 14.3 Å². The van der Waals surface area contributed by atoms with Crippen LogP contribution in [0.2, 0.25) is 0 Å². The Morgan fingerprint density at radius 3 is 2.75 bits per heavy atom. The summed E-state index contributed by atoms with van der Waals surface area (Å²) < 4.78 is 11.8. The van der Waals surface area contributed by atoms with Gasteiger partial charge in [0.1, 0.15) is 23.9 Å². The van der Waals surface area contributed by atoms with Crippen LogP contribution in [0.3, 0.4) is 0 Å². The van der Waals surface area contributed by atoms with Gasteiger partial charge in [-0.15, -0.1) is 0 Å². The van der Waals surface area contributed by atoms with E-state index >= 15 is 0 Å². The Morgan fingerprint density at radius 2 is 2.15 bits per heavy atom. The average Bonchev–Trinajstić information content (AvgIpc) is 2.83. The van der Waals surface area contributed by atoms with Crippen LogP contribution in [0.15, 0.2) is 30.5 Å². The van der Waals surface area contributed by atoms with Crippen LogP contribution in [0, 0.1) is 0 Å². The molecule has 0 aliphatic rings. The number of rotatable bonds is 5. The number of aromatic nitrogens is 2. The highest BCUT2D eigenvalue weighted by atomic mass is 16.5. The molecule has 2 aromatic rings. The first-order valence-corrected chi connectivity index (χ1v) is 5.93. The quantitative estimate of drug-likeness (QED) is 0.854. The van der Waals surface area contributed by atoms with Gasteiger partial charge in [-0.1, -0.05) is 0 Å². The molecule has 1 aromatic carbocycles. The van der Waals surface area contributed by atoms with E-state index in [4.69, 9.17) is 15.2 Å². The molecule has 0 radical (unpaired) electrons. The van der Waals surface area contributed by atoms with Crippen LogP contribution in [0.4, 0.5) is 11.5 Å². The van der Waals surface area contributed by atoms with Gasteiger partial charge in [-0.3, -0.25) is 9.48 Å². The zero-order valence-electron chi connectivity index (χ0n) is 11.3. The third-order valence-corrected chi connectivity index (χ3v) is 2.65. The Bertz CT molecular complexity index is 609. The number of ether oxygens (including phenoxy) is 2. The van der Waals surface area contributed by atoms with Gasteiger partial charge in [0.25, 0.3) is 0 Å². The summed E-state index contributed by atoms with van der Waals surface area (Å²) in [7, 11) is 3.09. The summed E-state index contributed by atoms with van der Waals surface area (Å²) in [6, 6.07) is 6.79. The number of hydrogen-bond donors (Lipinski definition) is 2. The number of carbonyl (C=O) groups is 1. The topological polar surface area (TPSA) is 91.4 Å². The highest BCUT2D eigenvalue weighted by Gasteiger charge is 2.10. The first kappa shape index (κ1) is 13.7. The SMILES string of the molecule is COc1ccc(OC)c(NC(=O)Cn2ccc(N)n2)c1. The fourth-order valence-corrected chi connectivity index (χ4v) is 1.71. The standard InChI is InChI=1S/C13H16N4O3/c1-19-9-3-4-11(20-2)10(7-9)15-13(18)8-17-6-5-12(14)16-17/h3-7H,8H2,1-2H3,(H2,14,16)(H,15,18). The van der Waals surface area contributed by atoms with E-state index in [2.05, 4.69) is 10.4 Å². The maximum atomic E-state index is 11.9. The van der Waals surface area contributed by atoms with Crippen molar-refractivity contribution in [1.82, 2.24) is 9.78 Å². The van der Waals surface area contributed by atoms with E-state index in [1.807, 2.05) is 0 Å². The van der Waals surface area contributed by atoms with Crippen LogP contribution in [0.1, 0.15) is 0 Å². The van der Waals surface area contributed by atoms with E-state index in [0.717, 1.165) is 0 Å². The summed E-state index contributed by atoms with van der Waals surface area (Å²) in [5.74, 6) is 1.32. The van der Waals surface area contributed by atoms with Gasteiger partial charge < -0.3 is 20.5 Å². The Labute approximate surface area is 116 Å². The van der Waals surface area contributed by atoms with E-state index in [1.54, 1.807) is 37.6 Å². The first-order chi connectivity index (χ1) is 9.62. The molecule has 106 valence electrons. The minimum Gasteiger partial charge on any atom is -0.497 e. The van der Waals surface area contributed by atoms with Crippen molar-refractivity contribution in [3.05, 3.63) is 30.5 Å². The van der Waals surface area contributed by atoms with Gasteiger partial charge in [-0.25, -0.2) is 0 Å². The molecular weight excluding hydrogens is 260 g/mol. The maximum Gasteiger partial charge on any atom is 0.246 e. The van der Waals surface area contributed by atoms with Gasteiger partial charge in [-0.2, -0.15) is 5.10 Å². The predicted octanol–water partition coefficient (Wildman–Crippen LogP) is 1.12. The van der Waals surface area contributed by atoms with Crippen LogP contribution >= 0.6 is 0 Å². The van der Waals surface area contributed by atoms with Gasteiger partial charge in [0, 0.05) is 12.3 Å². The number of nitrogen functional groups attached to an aromatic ring is 1. The van der Waals surface area contributed by atoms with Crippen LogP contribution in [0.5, 0.6) is 11.5 Å². The normalized spacial score (nSPS) is 10.1. The van der Waals surface area contributed by atoms with Crippen molar-refractivity contribution in [3.8, 4) is 11.5 Å². The fourth-order valence-electron chi connectivity index (χ4n) is 1.71. The molecule has 0 atom stereocenters. The number of carbonyl (C=O) groups excluding carboxylic acids is 1. The molecule has 1 amide bonds. The number of nitrogens with zero attached hydrogens (tertiary/aromatic N) is 2. The van der Waals surface area contributed by atoms with Gasteiger partial charge in [0.05, 0.1) is 19.9 Å². The van der Waals surface area contributed by atoms with Gasteiger partial charge >= 0.3 is 0 Å². The summed E-state index contributed by atoms with van der Waals surface area (Å²) in [4.78, 5) is 11.9. The van der Waals surface area contributed by atoms with Crippen molar-refractivity contribution in [2.24, 2.45) is 0 Å². The van der Waals surface area contributed by atoms with Crippen molar-refractivity contribution in [2.45, 2.75) is 6.54 Å². The van der Waals surface area contributed by atoms with Crippen molar-refractivity contribution in [2.75, 3.05) is 25.3 Å². The number of nitrogens with one attached hydrogen (secondary N) is 1. The fraction of sp³-hybridized carbons (Fsp3) is 0.231. The molecule has 7 nitrogen and oxygen atoms in total. The lowest BCUT2D eigenvalue weighted by Gasteiger charge is -2.11. The summed E-state index contributed by atoms with van der Waals surface area (Å²) in [5, 5.41) is 6.69. The summed E-state index contributed by atoms with van der Waals surface area (Å²) in [6.45, 7) is 0.0670. The molecule has 2 rings (SSSR count). The minimum absolute atomic E-state index is 0.0670. The Balaban J connectivity index is 2.10. The van der Waals surface area contributed by atoms with Gasteiger partial charge in [0.2, 0.25) is 5.91 Å². The molecule has 0 unspecified atom stereocenters. The second-order valence-electron chi connectivity index (χ2n) is 4.05. The lowest BCUT2D eigenvalue weighted by Crippen LogP contribution is -2.19. The molecule has 1 heterocycles. The molecule has 0 fully saturated rings. The number of benzene rings is 1. The molecule has 0 aliphatic heterocycles. The molecule has 1 aromatic heterocycles. The van der Waals surface area contributed by atoms with Crippen molar-refractivity contribution >= 4 is 17.4 Å². The minimum atomic E-state index is -0.236. The molecule has 0 spiro atoms. The maximum absolute atomic E-state index is 11.9. The number of methoxy groups -OCH3 is 2. The number of anilines is 2. The second-order valence-corrected chi connectivity index (χ2v) is 4.05. The summed E-state index contributed by atoms with van der Waals surface area (Å²) in [5.41, 5.74) is 6.03. The zero-order valence-corrected chi connectivity index (χ0v) is 11.3. The highest BCUT2D eigenvalue weighted by Crippen LogP contribution is 2.28. The van der Waals surface area contributed by atoms with Crippen LogP contribution in [-0.4, -0.2) is 29.9 Å². The molecule has 0 saturated carbocycles. The van der Waals surface area contributed by atoms with E-state index in [-0.39, 0.29) is 12.5 Å². The molecule has 0 bridgehead atoms. The Morgan fingerprint density at radius 1 is 1.35 bits per heavy atom. The third-order valence-electron chi connectivity index (χ3n) is 2.65. The zero-order chi connectivity index (χ0) is 14.5. The number of nitrogens with two attached hydrogens (primary N) is 1. The predicted molar refractivity (Wildman–Crippen MR) is 74.8 cm³/mol. The largest absolute Gasteiger partial charge is 0.497 e. The van der Waals surface area contributed by atoms with E-state index in [0.29, 0.717) is 23.0 Å². The summed E-state index contributed by atoms with van der Waals surface area (Å²) >= 11 is 0. The van der Waals surface area contributed by atoms with E-state index in [1.165, 1.54) is 11.8 Å².